The van der Waals surface area contributed by atoms with Crippen LogP contribution in [0, 0.1) is 0 Å². The molecule has 3 aromatic carbocycles. The molecule has 0 fully saturated rings. The molecule has 0 aromatic heterocycles. The van der Waals surface area contributed by atoms with Gasteiger partial charge in [-0.1, -0.05) is 59.3 Å². The number of hydrogen-bond donors (Lipinski definition) is 0. The molecule has 0 spiro atoms. The van der Waals surface area contributed by atoms with Crippen molar-refractivity contribution in [2.45, 2.75) is 38.1 Å². The van der Waals surface area contributed by atoms with E-state index in [4.69, 9.17) is 9.47 Å². The van der Waals surface area contributed by atoms with Gasteiger partial charge in [-0.2, -0.15) is 0 Å². The summed E-state index contributed by atoms with van der Waals surface area (Å²) in [7, 11) is 3.21. The second-order valence-corrected chi connectivity index (χ2v) is 10.4. The lowest BCUT2D eigenvalue weighted by Crippen LogP contribution is -2.55. The predicted molar refractivity (Wildman–Crippen MR) is 142 cm³/mol. The number of nitrogens with zero attached hydrogens (tertiary/aromatic N) is 1. The Labute approximate surface area is 210 Å². The standard InChI is InChI=1S/C29H30BrNO3/c1-28(2)19-29(3,21-12-14-22(30)15-13-21)23-8-6-7-9-24(23)31(28)27(32)17-11-20-10-16-25(33-4)26(18-20)34-5/h6-18H,19H2,1-5H3/b17-11+/t29-/m0/s1. The van der Waals surface area contributed by atoms with E-state index in [2.05, 4.69) is 79.2 Å². The normalized spacial score (nSPS) is 19.1. The Morgan fingerprint density at radius 1 is 0.941 bits per heavy atom. The monoisotopic (exact) mass is 519 g/mol. The summed E-state index contributed by atoms with van der Waals surface area (Å²) >= 11 is 3.55. The van der Waals surface area contributed by atoms with Crippen molar-refractivity contribution in [2.24, 2.45) is 0 Å². The summed E-state index contributed by atoms with van der Waals surface area (Å²) in [5, 5.41) is 0. The molecule has 1 amide bonds. The summed E-state index contributed by atoms with van der Waals surface area (Å²) in [5.41, 5.74) is 3.61. The van der Waals surface area contributed by atoms with E-state index in [9.17, 15) is 4.79 Å². The van der Waals surface area contributed by atoms with Crippen LogP contribution in [-0.2, 0) is 10.2 Å². The Morgan fingerprint density at radius 3 is 2.29 bits per heavy atom. The third-order valence-electron chi connectivity index (χ3n) is 6.66. The zero-order valence-corrected chi connectivity index (χ0v) is 21.8. The van der Waals surface area contributed by atoms with Gasteiger partial charge in [0.25, 0.3) is 5.91 Å². The van der Waals surface area contributed by atoms with Crippen LogP contribution < -0.4 is 14.4 Å². The molecule has 1 aliphatic rings. The predicted octanol–water partition coefficient (Wildman–Crippen LogP) is 7.00. The van der Waals surface area contributed by atoms with Gasteiger partial charge in [0.1, 0.15) is 0 Å². The molecule has 34 heavy (non-hydrogen) atoms. The molecule has 4 nitrogen and oxygen atoms in total. The van der Waals surface area contributed by atoms with E-state index in [1.54, 1.807) is 20.3 Å². The Hall–Kier alpha value is -3.05. The van der Waals surface area contributed by atoms with E-state index in [0.29, 0.717) is 11.5 Å². The van der Waals surface area contributed by atoms with Crippen LogP contribution in [0.5, 0.6) is 11.5 Å². The first kappa shape index (κ1) is 24.1. The smallest absolute Gasteiger partial charge is 0.251 e. The highest BCUT2D eigenvalue weighted by atomic mass is 79.9. The number of methoxy groups -OCH3 is 2. The first-order valence-corrected chi connectivity index (χ1v) is 12.1. The number of para-hydroxylation sites is 1. The lowest BCUT2D eigenvalue weighted by molar-refractivity contribution is -0.115. The molecule has 0 aliphatic carbocycles. The summed E-state index contributed by atoms with van der Waals surface area (Å²) in [6, 6.07) is 22.4. The number of fused-ring (bicyclic) bond motifs is 1. The average molecular weight is 520 g/mol. The zero-order chi connectivity index (χ0) is 24.5. The highest BCUT2D eigenvalue weighted by molar-refractivity contribution is 9.10. The van der Waals surface area contributed by atoms with Gasteiger partial charge >= 0.3 is 0 Å². The van der Waals surface area contributed by atoms with E-state index in [-0.39, 0.29) is 11.3 Å². The summed E-state index contributed by atoms with van der Waals surface area (Å²) in [6.07, 6.45) is 4.27. The van der Waals surface area contributed by atoms with E-state index in [0.717, 1.165) is 27.7 Å². The fourth-order valence-electron chi connectivity index (χ4n) is 5.19. The van der Waals surface area contributed by atoms with E-state index >= 15 is 0 Å². The number of rotatable bonds is 5. The molecule has 0 radical (unpaired) electrons. The van der Waals surface area contributed by atoms with E-state index in [1.807, 2.05) is 35.2 Å². The number of hydrogen-bond acceptors (Lipinski definition) is 3. The number of amides is 1. The van der Waals surface area contributed by atoms with Crippen LogP contribution in [0.3, 0.4) is 0 Å². The molecule has 1 atom stereocenters. The van der Waals surface area contributed by atoms with Crippen LogP contribution in [0.2, 0.25) is 0 Å². The fraction of sp³-hybridized carbons (Fsp3) is 0.276. The Morgan fingerprint density at radius 2 is 1.62 bits per heavy atom. The van der Waals surface area contributed by atoms with Gasteiger partial charge in [0.15, 0.2) is 11.5 Å². The minimum atomic E-state index is -0.394. The SMILES string of the molecule is COc1ccc(/C=C/C(=O)N2c3ccccc3[C@](C)(c3ccc(Br)cc3)CC2(C)C)cc1OC. The largest absolute Gasteiger partial charge is 0.493 e. The topological polar surface area (TPSA) is 38.8 Å². The van der Waals surface area contributed by atoms with Crippen LogP contribution in [0.4, 0.5) is 5.69 Å². The van der Waals surface area contributed by atoms with Gasteiger partial charge < -0.3 is 14.4 Å². The van der Waals surface area contributed by atoms with Crippen LogP contribution in [0.15, 0.2) is 77.3 Å². The number of anilines is 1. The van der Waals surface area contributed by atoms with Crippen molar-refractivity contribution >= 4 is 33.6 Å². The molecule has 176 valence electrons. The molecule has 0 saturated carbocycles. The maximum Gasteiger partial charge on any atom is 0.251 e. The fourth-order valence-corrected chi connectivity index (χ4v) is 5.46. The van der Waals surface area contributed by atoms with Gasteiger partial charge in [-0.3, -0.25) is 4.79 Å². The van der Waals surface area contributed by atoms with Gasteiger partial charge in [-0.15, -0.1) is 0 Å². The van der Waals surface area contributed by atoms with Crippen molar-refractivity contribution in [3.05, 3.63) is 94.0 Å². The van der Waals surface area contributed by atoms with Crippen LogP contribution in [0.1, 0.15) is 43.9 Å². The number of carbonyl (C=O) groups excluding carboxylic acids is 1. The van der Waals surface area contributed by atoms with Crippen molar-refractivity contribution < 1.29 is 14.3 Å². The van der Waals surface area contributed by atoms with Crippen LogP contribution >= 0.6 is 15.9 Å². The molecule has 0 unspecified atom stereocenters. The van der Waals surface area contributed by atoms with Gasteiger partial charge in [0.2, 0.25) is 0 Å². The molecule has 3 aromatic rings. The van der Waals surface area contributed by atoms with Crippen molar-refractivity contribution in [1.82, 2.24) is 0 Å². The second-order valence-electron chi connectivity index (χ2n) is 9.47. The molecule has 5 heteroatoms. The number of halogens is 1. The Balaban J connectivity index is 1.72. The van der Waals surface area contributed by atoms with E-state index < -0.39 is 5.54 Å². The third-order valence-corrected chi connectivity index (χ3v) is 7.19. The number of carbonyl (C=O) groups is 1. The minimum Gasteiger partial charge on any atom is -0.493 e. The summed E-state index contributed by atoms with van der Waals surface area (Å²) in [5.74, 6) is 1.24. The second kappa shape index (κ2) is 9.30. The first-order valence-electron chi connectivity index (χ1n) is 11.3. The Kier molecular flexibility index (Phi) is 6.59. The van der Waals surface area contributed by atoms with Crippen molar-refractivity contribution in [2.75, 3.05) is 19.1 Å². The molecule has 0 saturated heterocycles. The highest BCUT2D eigenvalue weighted by Gasteiger charge is 2.47. The van der Waals surface area contributed by atoms with Crippen molar-refractivity contribution in [3.8, 4) is 11.5 Å². The summed E-state index contributed by atoms with van der Waals surface area (Å²) in [4.78, 5) is 15.5. The molecule has 0 bridgehead atoms. The molecule has 4 rings (SSSR count). The van der Waals surface area contributed by atoms with Gasteiger partial charge in [-0.05, 0) is 73.4 Å². The molecular weight excluding hydrogens is 490 g/mol. The van der Waals surface area contributed by atoms with E-state index in [1.165, 1.54) is 5.56 Å². The molecule has 1 heterocycles. The molecule has 1 aliphatic heterocycles. The quantitative estimate of drug-likeness (QED) is 0.340. The molecular formula is C29H30BrNO3. The maximum atomic E-state index is 13.6. The minimum absolute atomic E-state index is 0.0508. The Bertz CT molecular complexity index is 1230. The van der Waals surface area contributed by atoms with Crippen molar-refractivity contribution in [3.63, 3.8) is 0 Å². The van der Waals surface area contributed by atoms with Crippen LogP contribution in [-0.4, -0.2) is 25.7 Å². The van der Waals surface area contributed by atoms with Crippen LogP contribution in [0.25, 0.3) is 6.08 Å². The zero-order valence-electron chi connectivity index (χ0n) is 20.3. The average Bonchev–Trinajstić information content (AvgIpc) is 2.82. The van der Waals surface area contributed by atoms with Gasteiger partial charge in [0, 0.05) is 27.2 Å². The number of ether oxygens (including phenoxy) is 2. The van der Waals surface area contributed by atoms with Crippen molar-refractivity contribution in [1.29, 1.82) is 0 Å². The summed E-state index contributed by atoms with van der Waals surface area (Å²) in [6.45, 7) is 6.56. The third kappa shape index (κ3) is 4.37. The highest BCUT2D eigenvalue weighted by Crippen LogP contribution is 2.50. The van der Waals surface area contributed by atoms with Gasteiger partial charge in [0.05, 0.1) is 14.2 Å². The first-order chi connectivity index (χ1) is 16.2. The lowest BCUT2D eigenvalue weighted by atomic mass is 9.65. The number of benzene rings is 3. The lowest BCUT2D eigenvalue weighted by Gasteiger charge is -2.51. The maximum absolute atomic E-state index is 13.6. The molecule has 0 N–H and O–H groups in total. The van der Waals surface area contributed by atoms with Gasteiger partial charge in [-0.25, -0.2) is 0 Å². The summed E-state index contributed by atoms with van der Waals surface area (Å²) < 4.78 is 11.8.